The zero-order valence-electron chi connectivity index (χ0n) is 51.5. The molecule has 2 aliphatic carbocycles. The van der Waals surface area contributed by atoms with Gasteiger partial charge in [-0.2, -0.15) is 0 Å². The van der Waals surface area contributed by atoms with Crippen LogP contribution in [0.1, 0.15) is 238 Å². The van der Waals surface area contributed by atoms with E-state index in [1.54, 1.807) is 28.0 Å². The Balaban J connectivity index is 1.44. The van der Waals surface area contributed by atoms with Crippen LogP contribution in [0.5, 0.6) is 0 Å². The fourth-order valence-corrected chi connectivity index (χ4v) is 18.7. The molecule has 12 heteroatoms. The second-order valence-corrected chi connectivity index (χ2v) is 27.4. The Kier molecular flexibility index (Phi) is 25.0. The van der Waals surface area contributed by atoms with E-state index in [1.807, 2.05) is 55.3 Å². The van der Waals surface area contributed by atoms with Crippen molar-refractivity contribution in [2.75, 3.05) is 39.5 Å². The number of thiophene rings is 3. The van der Waals surface area contributed by atoms with Crippen molar-refractivity contribution < 1.29 is 28.5 Å². The fourth-order valence-electron chi connectivity index (χ4n) is 14.0. The zero-order valence-corrected chi connectivity index (χ0v) is 54.8. The van der Waals surface area contributed by atoms with E-state index in [9.17, 15) is 0 Å². The van der Waals surface area contributed by atoms with E-state index in [2.05, 4.69) is 90.4 Å². The second kappa shape index (κ2) is 30.8. The van der Waals surface area contributed by atoms with E-state index in [1.165, 1.54) is 113 Å². The first-order valence-corrected chi connectivity index (χ1v) is 35.2. The first-order valence-electron chi connectivity index (χ1n) is 31.8. The van der Waals surface area contributed by atoms with Crippen LogP contribution < -0.4 is 0 Å². The van der Waals surface area contributed by atoms with Gasteiger partial charge in [-0.15, -0.1) is 34.0 Å². The minimum atomic E-state index is -0.705. The third-order valence-corrected chi connectivity index (χ3v) is 22.5. The number of carbonyl (C=O) groups is 2. The number of thioether (sulfide) groups is 1. The Morgan fingerprint density at radius 2 is 1.01 bits per heavy atom. The average molecular weight is 1170 g/mol. The van der Waals surface area contributed by atoms with Gasteiger partial charge in [0.05, 0.1) is 40.5 Å². The van der Waals surface area contributed by atoms with Crippen molar-refractivity contribution in [2.45, 2.75) is 235 Å². The molecule has 80 heavy (non-hydrogen) atoms. The molecule has 0 bridgehead atoms. The molecule has 5 heterocycles. The fraction of sp³-hybridized carbons (Fsp3) is 0.676. The summed E-state index contributed by atoms with van der Waals surface area (Å²) in [5, 5.41) is 4.59. The summed E-state index contributed by atoms with van der Waals surface area (Å²) >= 11 is 7.08. The molecule has 0 aromatic carbocycles. The van der Waals surface area contributed by atoms with E-state index >= 15 is 9.59 Å². The molecule has 7 rings (SSSR count). The van der Waals surface area contributed by atoms with E-state index in [-0.39, 0.29) is 35.7 Å². The van der Waals surface area contributed by atoms with Crippen LogP contribution in [0.2, 0.25) is 0 Å². The number of allylic oxidation sites excluding steroid dienone is 1. The Morgan fingerprint density at radius 1 is 0.562 bits per heavy atom. The lowest BCUT2D eigenvalue weighted by atomic mass is 9.66. The molecule has 0 N–H and O–H groups in total. The third-order valence-electron chi connectivity index (χ3n) is 18.2. The number of hydrogen-bond donors (Lipinski definition) is 0. The van der Waals surface area contributed by atoms with Crippen LogP contribution in [-0.2, 0) is 39.4 Å². The maximum Gasteiger partial charge on any atom is 0.261 e. The van der Waals surface area contributed by atoms with E-state index < -0.39 is 12.6 Å². The van der Waals surface area contributed by atoms with Gasteiger partial charge in [0.1, 0.15) is 0 Å². The second-order valence-electron chi connectivity index (χ2n) is 23.4. The molecule has 8 nitrogen and oxygen atoms in total. The van der Waals surface area contributed by atoms with Gasteiger partial charge in [-0.1, -0.05) is 183 Å². The van der Waals surface area contributed by atoms with Crippen LogP contribution in [0, 0.1) is 23.7 Å². The molecule has 3 aromatic heterocycles. The highest BCUT2D eigenvalue weighted by Gasteiger charge is 2.53. The van der Waals surface area contributed by atoms with E-state index in [0.717, 1.165) is 56.2 Å². The van der Waals surface area contributed by atoms with E-state index in [4.69, 9.17) is 25.5 Å². The van der Waals surface area contributed by atoms with Crippen molar-refractivity contribution >= 4 is 68.2 Å². The lowest BCUT2D eigenvalue weighted by Gasteiger charge is -2.37. The van der Waals surface area contributed by atoms with Crippen LogP contribution >= 0.6 is 45.8 Å². The van der Waals surface area contributed by atoms with Gasteiger partial charge >= 0.3 is 0 Å². The van der Waals surface area contributed by atoms with Crippen molar-refractivity contribution in [3.63, 3.8) is 0 Å². The number of carbonyl (C=O) groups excluding carboxylic acids is 2. The van der Waals surface area contributed by atoms with Gasteiger partial charge in [0, 0.05) is 61.7 Å². The van der Waals surface area contributed by atoms with Gasteiger partial charge in [-0.05, 0) is 123 Å². The number of ether oxygens (including phenoxy) is 4. The topological polar surface area (TPSA) is 77.5 Å². The van der Waals surface area contributed by atoms with Gasteiger partial charge in [-0.25, -0.2) is 0 Å². The maximum absolute atomic E-state index is 16.1. The molecule has 0 fully saturated rings. The lowest BCUT2D eigenvalue weighted by molar-refractivity contribution is -0.152. The third kappa shape index (κ3) is 14.0. The van der Waals surface area contributed by atoms with Gasteiger partial charge in [0.2, 0.25) is 0 Å². The molecular formula is C68H102N2O6S4. The number of fused-ring (bicyclic) bond motifs is 5. The summed E-state index contributed by atoms with van der Waals surface area (Å²) in [5.41, 5.74) is 6.07. The Labute approximate surface area is 501 Å². The van der Waals surface area contributed by atoms with Crippen LogP contribution in [0.4, 0.5) is 0 Å². The van der Waals surface area contributed by atoms with Gasteiger partial charge < -0.3 is 28.7 Å². The Morgan fingerprint density at radius 3 is 1.49 bits per heavy atom. The normalized spacial score (nSPS) is 20.2. The SMILES string of the molecule is C=C(SC1=CC(CC(CC)CCCC)(CC(CC)CCCC)c2ccsc21)C1=C2C(=O)N(CC(OCC)OCC)C(c3cc4c(s3)-c3sccc3C4(CC(CC)CCCC)CC(CC)CCCC)=C2C(=O)N1CC(OCC)OCC. The minimum Gasteiger partial charge on any atom is -0.351 e. The molecule has 3 aromatic rings. The van der Waals surface area contributed by atoms with Crippen LogP contribution in [0.3, 0.4) is 0 Å². The zero-order chi connectivity index (χ0) is 57.6. The quantitative estimate of drug-likeness (QED) is 0.0525. The highest BCUT2D eigenvalue weighted by molar-refractivity contribution is 8.12. The number of hydrogen-bond acceptors (Lipinski definition) is 10. The van der Waals surface area contributed by atoms with Gasteiger partial charge in [0.15, 0.2) is 12.6 Å². The van der Waals surface area contributed by atoms with E-state index in [0.29, 0.717) is 77.5 Å². The van der Waals surface area contributed by atoms with Crippen molar-refractivity contribution in [1.82, 2.24) is 9.80 Å². The molecule has 0 spiro atoms. The van der Waals surface area contributed by atoms with Crippen LogP contribution in [0.25, 0.3) is 20.4 Å². The molecule has 2 aliphatic heterocycles. The lowest BCUT2D eigenvalue weighted by Crippen LogP contribution is -2.39. The highest BCUT2D eigenvalue weighted by atomic mass is 32.2. The molecule has 0 saturated heterocycles. The molecule has 0 saturated carbocycles. The predicted octanol–water partition coefficient (Wildman–Crippen LogP) is 19.6. The summed E-state index contributed by atoms with van der Waals surface area (Å²) in [7, 11) is 0. The monoisotopic (exact) mass is 1170 g/mol. The molecule has 4 aliphatic rings. The predicted molar refractivity (Wildman–Crippen MR) is 342 cm³/mol. The molecule has 444 valence electrons. The minimum absolute atomic E-state index is 0.109. The summed E-state index contributed by atoms with van der Waals surface area (Å²) in [4.78, 5) is 42.5. The number of amides is 2. The number of rotatable bonds is 40. The van der Waals surface area contributed by atoms with Crippen LogP contribution in [0.15, 0.2) is 63.4 Å². The number of nitrogens with zero attached hydrogens (tertiary/aromatic N) is 2. The Bertz CT molecular complexity index is 2550. The van der Waals surface area contributed by atoms with Crippen molar-refractivity contribution in [2.24, 2.45) is 23.7 Å². The molecular weight excluding hydrogens is 1070 g/mol. The molecule has 2 amide bonds. The summed E-state index contributed by atoms with van der Waals surface area (Å²) < 4.78 is 25.1. The maximum atomic E-state index is 16.1. The first kappa shape index (κ1) is 64.7. The van der Waals surface area contributed by atoms with Crippen molar-refractivity contribution in [1.29, 1.82) is 0 Å². The average Bonchev–Trinajstić information content (AvgIpc) is 4.54. The standard InChI is InChI=1S/C68H102N2O6S4/c1-14-26-30-47(18-5)39-67(40-48(19-6)31-27-15-2)43-55(62-51(67)34-36-77-62)79-46(13)60-58-59(66(72)69(60)44-56(73-22-9)74-23-10)61(70(65(58)71)45-57(75-24-11)76-25-12)54-38-53-64(80-54)63-52(35-37-78-63)68(53,41-49(20-7)32-28-16-3)42-50(21-8)33-29-17-4/h34-38,43,47-50,56-57H,13-33,39-42,44-45H2,1-12H3. The summed E-state index contributed by atoms with van der Waals surface area (Å²) in [6.07, 6.45) is 24.9. The smallest absolute Gasteiger partial charge is 0.261 e. The molecule has 4 atom stereocenters. The van der Waals surface area contributed by atoms with Crippen molar-refractivity contribution in [3.8, 4) is 9.75 Å². The van der Waals surface area contributed by atoms with Gasteiger partial charge in [-0.3, -0.25) is 9.59 Å². The number of unbranched alkanes of at least 4 members (excludes halogenated alkanes) is 4. The summed E-state index contributed by atoms with van der Waals surface area (Å²) in [6, 6.07) is 7.26. The van der Waals surface area contributed by atoms with Gasteiger partial charge in [0.25, 0.3) is 11.8 Å². The summed E-state index contributed by atoms with van der Waals surface area (Å²) in [6.45, 7) is 33.5. The molecule has 4 unspecified atom stereocenters. The van der Waals surface area contributed by atoms with Crippen LogP contribution in [-0.4, -0.2) is 73.7 Å². The van der Waals surface area contributed by atoms with Crippen molar-refractivity contribution in [3.05, 3.63) is 89.8 Å². The first-order chi connectivity index (χ1) is 38.8. The highest BCUT2D eigenvalue weighted by Crippen LogP contribution is 2.63. The largest absolute Gasteiger partial charge is 0.351 e. The summed E-state index contributed by atoms with van der Waals surface area (Å²) in [5.74, 6) is 1.93. The molecule has 0 radical (unpaired) electrons. The Hall–Kier alpha value is -2.81.